The summed E-state index contributed by atoms with van der Waals surface area (Å²) >= 11 is 0.987. The fourth-order valence-corrected chi connectivity index (χ4v) is 1.97. The van der Waals surface area contributed by atoms with Gasteiger partial charge in [0.05, 0.1) is 18.0 Å². The van der Waals surface area contributed by atoms with Crippen molar-refractivity contribution < 1.29 is 20.4 Å². The predicted molar refractivity (Wildman–Crippen MR) is 36.5 cm³/mol. The Bertz CT molecular complexity index is 120. The summed E-state index contributed by atoms with van der Waals surface area (Å²) in [7, 11) is 0. The Labute approximate surface area is 62.5 Å². The summed E-state index contributed by atoms with van der Waals surface area (Å²) in [6.45, 7) is -0.222. The SMILES string of the molecule is OC[C@H]1S[C@H](O)[C@H](O)[C@@H]1O. The molecule has 0 aromatic carbocycles. The van der Waals surface area contributed by atoms with Crippen LogP contribution in [0.2, 0.25) is 0 Å². The van der Waals surface area contributed by atoms with Gasteiger partial charge in [-0.1, -0.05) is 0 Å². The summed E-state index contributed by atoms with van der Waals surface area (Å²) in [5.41, 5.74) is -0.966. The lowest BCUT2D eigenvalue weighted by Crippen LogP contribution is -2.33. The first-order valence-corrected chi connectivity index (χ1v) is 3.91. The fourth-order valence-electron chi connectivity index (χ4n) is 0.880. The highest BCUT2D eigenvalue weighted by atomic mass is 32.2. The first-order chi connectivity index (χ1) is 4.66. The van der Waals surface area contributed by atoms with E-state index in [0.717, 1.165) is 11.8 Å². The Kier molecular flexibility index (Phi) is 2.54. The van der Waals surface area contributed by atoms with Crippen LogP contribution >= 0.6 is 11.8 Å². The predicted octanol–water partition coefficient (Wildman–Crippen LogP) is -1.87. The number of thioether (sulfide) groups is 1. The molecule has 0 amide bonds. The van der Waals surface area contributed by atoms with Gasteiger partial charge >= 0.3 is 0 Å². The van der Waals surface area contributed by atoms with Crippen LogP contribution in [0.4, 0.5) is 0 Å². The lowest BCUT2D eigenvalue weighted by molar-refractivity contribution is -0.0181. The first-order valence-electron chi connectivity index (χ1n) is 2.97. The molecule has 10 heavy (non-hydrogen) atoms. The van der Waals surface area contributed by atoms with Gasteiger partial charge in [-0.2, -0.15) is 0 Å². The van der Waals surface area contributed by atoms with E-state index in [1.807, 2.05) is 0 Å². The van der Waals surface area contributed by atoms with Crippen molar-refractivity contribution in [2.24, 2.45) is 0 Å². The molecular formula is C5H10O4S. The molecule has 0 aromatic heterocycles. The van der Waals surface area contributed by atoms with Crippen molar-refractivity contribution in [3.05, 3.63) is 0 Å². The molecule has 0 spiro atoms. The van der Waals surface area contributed by atoms with Crippen molar-refractivity contribution in [3.63, 3.8) is 0 Å². The molecule has 4 atom stereocenters. The van der Waals surface area contributed by atoms with E-state index in [2.05, 4.69) is 0 Å². The first kappa shape index (κ1) is 8.29. The Morgan fingerprint density at radius 3 is 1.90 bits per heavy atom. The zero-order valence-electron chi connectivity index (χ0n) is 5.21. The van der Waals surface area contributed by atoms with Gasteiger partial charge in [0.2, 0.25) is 0 Å². The summed E-state index contributed by atoms with van der Waals surface area (Å²) in [6, 6.07) is 0. The molecule has 0 radical (unpaired) electrons. The van der Waals surface area contributed by atoms with Crippen molar-refractivity contribution in [1.82, 2.24) is 0 Å². The van der Waals surface area contributed by atoms with Gasteiger partial charge < -0.3 is 20.4 Å². The van der Waals surface area contributed by atoms with Gasteiger partial charge in [-0.05, 0) is 0 Å². The van der Waals surface area contributed by atoms with Crippen molar-refractivity contribution in [3.8, 4) is 0 Å². The quantitative estimate of drug-likeness (QED) is 0.367. The largest absolute Gasteiger partial charge is 0.395 e. The van der Waals surface area contributed by atoms with Crippen molar-refractivity contribution in [2.75, 3.05) is 6.61 Å². The summed E-state index contributed by atoms with van der Waals surface area (Å²) in [5, 5.41) is 35.0. The van der Waals surface area contributed by atoms with E-state index in [4.69, 9.17) is 20.4 Å². The Balaban J connectivity index is 2.53. The summed E-state index contributed by atoms with van der Waals surface area (Å²) in [5.74, 6) is 0. The van der Waals surface area contributed by atoms with Gasteiger partial charge in [-0.25, -0.2) is 0 Å². The average Bonchev–Trinajstić information content (AvgIpc) is 2.17. The van der Waals surface area contributed by atoms with E-state index < -0.39 is 22.9 Å². The van der Waals surface area contributed by atoms with Gasteiger partial charge in [0, 0.05) is 0 Å². The highest BCUT2D eigenvalue weighted by molar-refractivity contribution is 8.00. The summed E-state index contributed by atoms with van der Waals surface area (Å²) < 4.78 is 0. The van der Waals surface area contributed by atoms with Crippen molar-refractivity contribution in [2.45, 2.75) is 22.9 Å². The Morgan fingerprint density at radius 2 is 1.70 bits per heavy atom. The lowest BCUT2D eigenvalue weighted by Gasteiger charge is -2.11. The maximum atomic E-state index is 9.04. The maximum Gasteiger partial charge on any atom is 0.128 e. The monoisotopic (exact) mass is 166 g/mol. The van der Waals surface area contributed by atoms with Crippen LogP contribution < -0.4 is 0 Å². The molecule has 1 heterocycles. The molecule has 0 aromatic rings. The van der Waals surface area contributed by atoms with Crippen molar-refractivity contribution in [1.29, 1.82) is 0 Å². The minimum absolute atomic E-state index is 0.222. The molecule has 0 unspecified atom stereocenters. The van der Waals surface area contributed by atoms with Gasteiger partial charge in [0.25, 0.3) is 0 Å². The molecule has 1 rings (SSSR count). The second-order valence-corrected chi connectivity index (χ2v) is 3.59. The number of hydrogen-bond acceptors (Lipinski definition) is 5. The third-order valence-corrected chi connectivity index (χ3v) is 2.85. The average molecular weight is 166 g/mol. The van der Waals surface area contributed by atoms with Crippen LogP contribution in [0, 0.1) is 0 Å². The van der Waals surface area contributed by atoms with Crippen LogP contribution in [0.1, 0.15) is 0 Å². The highest BCUT2D eigenvalue weighted by Crippen LogP contribution is 2.32. The van der Waals surface area contributed by atoms with Gasteiger partial charge in [0.1, 0.15) is 11.5 Å². The van der Waals surface area contributed by atoms with E-state index in [9.17, 15) is 0 Å². The molecule has 0 aliphatic carbocycles. The second-order valence-electron chi connectivity index (χ2n) is 2.23. The number of rotatable bonds is 1. The molecule has 1 aliphatic heterocycles. The third kappa shape index (κ3) is 1.28. The maximum absolute atomic E-state index is 9.04. The van der Waals surface area contributed by atoms with Gasteiger partial charge in [0.15, 0.2) is 0 Å². The number of aliphatic hydroxyl groups excluding tert-OH is 4. The standard InChI is InChI=1S/C5H10O4S/c6-1-2-3(7)4(8)5(9)10-2/h2-9H,1H2/t2-,3-,4-,5+/m1/s1. The molecule has 60 valence electrons. The normalized spacial score (nSPS) is 48.0. The van der Waals surface area contributed by atoms with Gasteiger partial charge in [-0.15, -0.1) is 11.8 Å². The number of aliphatic hydroxyl groups is 4. The molecule has 4 N–H and O–H groups in total. The van der Waals surface area contributed by atoms with E-state index >= 15 is 0 Å². The van der Waals surface area contributed by atoms with Crippen molar-refractivity contribution >= 4 is 11.8 Å². The van der Waals surface area contributed by atoms with E-state index in [0.29, 0.717) is 0 Å². The Morgan fingerprint density at radius 1 is 1.10 bits per heavy atom. The van der Waals surface area contributed by atoms with Gasteiger partial charge in [-0.3, -0.25) is 0 Å². The second kappa shape index (κ2) is 3.06. The van der Waals surface area contributed by atoms with Crippen LogP contribution in [0.5, 0.6) is 0 Å². The highest BCUT2D eigenvalue weighted by Gasteiger charge is 2.40. The molecule has 4 nitrogen and oxygen atoms in total. The van der Waals surface area contributed by atoms with Crippen LogP contribution in [0.3, 0.4) is 0 Å². The molecule has 0 saturated carbocycles. The zero-order valence-corrected chi connectivity index (χ0v) is 6.03. The molecule has 0 bridgehead atoms. The fraction of sp³-hybridized carbons (Fsp3) is 1.00. The third-order valence-electron chi connectivity index (χ3n) is 1.52. The van der Waals surface area contributed by atoms with Crippen LogP contribution in [0.25, 0.3) is 0 Å². The lowest BCUT2D eigenvalue weighted by atomic mass is 10.1. The molecule has 1 aliphatic rings. The van der Waals surface area contributed by atoms with E-state index in [1.54, 1.807) is 0 Å². The van der Waals surface area contributed by atoms with Crippen LogP contribution in [-0.2, 0) is 0 Å². The molecule has 5 heteroatoms. The van der Waals surface area contributed by atoms with Crippen LogP contribution in [-0.4, -0.2) is 49.9 Å². The molecular weight excluding hydrogens is 156 g/mol. The zero-order chi connectivity index (χ0) is 7.72. The molecule has 1 saturated heterocycles. The van der Waals surface area contributed by atoms with Crippen LogP contribution in [0.15, 0.2) is 0 Å². The topological polar surface area (TPSA) is 80.9 Å². The molecule has 1 fully saturated rings. The minimum Gasteiger partial charge on any atom is -0.395 e. The summed E-state index contributed by atoms with van der Waals surface area (Å²) in [4.78, 5) is 0. The summed E-state index contributed by atoms with van der Waals surface area (Å²) in [6.07, 6.45) is -2.13. The van der Waals surface area contributed by atoms with E-state index in [1.165, 1.54) is 0 Å². The minimum atomic E-state index is -1.12. The Hall–Kier alpha value is 0.190. The number of hydrogen-bond donors (Lipinski definition) is 4. The van der Waals surface area contributed by atoms with E-state index in [-0.39, 0.29) is 6.61 Å². The smallest absolute Gasteiger partial charge is 0.128 e.